The molecule has 0 atom stereocenters. The van der Waals surface area contributed by atoms with Gasteiger partial charge in [0.15, 0.2) is 0 Å². The van der Waals surface area contributed by atoms with Gasteiger partial charge in [-0.1, -0.05) is 26.5 Å². The number of carbonyl (C=O) groups is 2. The second-order valence-corrected chi connectivity index (χ2v) is 3.57. The first-order valence-corrected chi connectivity index (χ1v) is 5.75. The standard InChI is InChI=1S/C13H20O4/c1-4-6-8-11(3)13(15)17-10-7-9-16-12(14)5-2/h5H,2-4,6-10H2,1H3. The summed E-state index contributed by atoms with van der Waals surface area (Å²) in [7, 11) is 0. The average molecular weight is 240 g/mol. The number of hydrogen-bond donors (Lipinski definition) is 0. The van der Waals surface area contributed by atoms with Crippen molar-refractivity contribution in [2.45, 2.75) is 32.6 Å². The van der Waals surface area contributed by atoms with Crippen molar-refractivity contribution < 1.29 is 19.1 Å². The molecule has 0 bridgehead atoms. The van der Waals surface area contributed by atoms with Crippen LogP contribution in [-0.2, 0) is 19.1 Å². The average Bonchev–Trinajstić information content (AvgIpc) is 2.34. The van der Waals surface area contributed by atoms with Gasteiger partial charge in [-0.25, -0.2) is 9.59 Å². The highest BCUT2D eigenvalue weighted by Crippen LogP contribution is 2.06. The van der Waals surface area contributed by atoms with Crippen molar-refractivity contribution >= 4 is 11.9 Å². The molecule has 0 radical (unpaired) electrons. The first kappa shape index (κ1) is 15.4. The lowest BCUT2D eigenvalue weighted by Gasteiger charge is -2.06. The monoisotopic (exact) mass is 240 g/mol. The first-order valence-electron chi connectivity index (χ1n) is 5.75. The van der Waals surface area contributed by atoms with Crippen molar-refractivity contribution in [2.75, 3.05) is 13.2 Å². The van der Waals surface area contributed by atoms with Gasteiger partial charge in [0.1, 0.15) is 0 Å². The Labute approximate surface area is 102 Å². The van der Waals surface area contributed by atoms with E-state index >= 15 is 0 Å². The summed E-state index contributed by atoms with van der Waals surface area (Å²) in [4.78, 5) is 22.0. The van der Waals surface area contributed by atoms with Crippen LogP contribution in [0.4, 0.5) is 0 Å². The summed E-state index contributed by atoms with van der Waals surface area (Å²) in [6, 6.07) is 0. The summed E-state index contributed by atoms with van der Waals surface area (Å²) in [5.41, 5.74) is 0.495. The molecule has 0 saturated heterocycles. The molecule has 17 heavy (non-hydrogen) atoms. The third kappa shape index (κ3) is 8.25. The van der Waals surface area contributed by atoms with Crippen LogP contribution < -0.4 is 0 Å². The van der Waals surface area contributed by atoms with Crippen LogP contribution in [0.25, 0.3) is 0 Å². The van der Waals surface area contributed by atoms with Crippen LogP contribution in [0, 0.1) is 0 Å². The number of hydrogen-bond acceptors (Lipinski definition) is 4. The molecular formula is C13H20O4. The van der Waals surface area contributed by atoms with Crippen molar-refractivity contribution in [1.29, 1.82) is 0 Å². The molecule has 0 aromatic carbocycles. The normalized spacial score (nSPS) is 9.47. The van der Waals surface area contributed by atoms with Gasteiger partial charge in [-0.2, -0.15) is 0 Å². The van der Waals surface area contributed by atoms with Gasteiger partial charge in [-0.05, 0) is 12.8 Å². The summed E-state index contributed by atoms with van der Waals surface area (Å²) < 4.78 is 9.69. The van der Waals surface area contributed by atoms with E-state index in [1.54, 1.807) is 0 Å². The maximum Gasteiger partial charge on any atom is 0.333 e. The van der Waals surface area contributed by atoms with Gasteiger partial charge in [-0.3, -0.25) is 0 Å². The van der Waals surface area contributed by atoms with Gasteiger partial charge in [0.2, 0.25) is 0 Å². The van der Waals surface area contributed by atoms with Crippen LogP contribution in [0.3, 0.4) is 0 Å². The molecule has 0 aromatic heterocycles. The molecule has 0 spiro atoms. The Hall–Kier alpha value is -1.58. The topological polar surface area (TPSA) is 52.6 Å². The van der Waals surface area contributed by atoms with E-state index in [1.165, 1.54) is 0 Å². The van der Waals surface area contributed by atoms with Gasteiger partial charge in [0.05, 0.1) is 13.2 Å². The van der Waals surface area contributed by atoms with Crippen molar-refractivity contribution in [3.63, 3.8) is 0 Å². The van der Waals surface area contributed by atoms with Gasteiger partial charge in [-0.15, -0.1) is 0 Å². The highest BCUT2D eigenvalue weighted by Gasteiger charge is 2.07. The third-order valence-electron chi connectivity index (χ3n) is 2.05. The van der Waals surface area contributed by atoms with Gasteiger partial charge in [0.25, 0.3) is 0 Å². The SMILES string of the molecule is C=CC(=O)OCCCOC(=O)C(=C)CCCC. The predicted octanol–water partition coefficient (Wildman–Crippen LogP) is 2.40. The van der Waals surface area contributed by atoms with Crippen LogP contribution in [0.2, 0.25) is 0 Å². The van der Waals surface area contributed by atoms with Crippen molar-refractivity contribution in [2.24, 2.45) is 0 Å². The van der Waals surface area contributed by atoms with Crippen molar-refractivity contribution in [1.82, 2.24) is 0 Å². The molecule has 96 valence electrons. The fourth-order valence-corrected chi connectivity index (χ4v) is 1.05. The number of esters is 2. The Bertz CT molecular complexity index is 281. The number of rotatable bonds is 9. The fourth-order valence-electron chi connectivity index (χ4n) is 1.05. The van der Waals surface area contributed by atoms with E-state index in [1.807, 2.05) is 6.92 Å². The molecule has 4 heteroatoms. The van der Waals surface area contributed by atoms with E-state index in [-0.39, 0.29) is 19.2 Å². The van der Waals surface area contributed by atoms with Gasteiger partial charge in [0, 0.05) is 18.1 Å². The van der Waals surface area contributed by atoms with E-state index < -0.39 is 5.97 Å². The Morgan fingerprint density at radius 1 is 1.18 bits per heavy atom. The Kier molecular flexibility index (Phi) is 8.74. The molecule has 0 amide bonds. The van der Waals surface area contributed by atoms with Crippen molar-refractivity contribution in [3.8, 4) is 0 Å². The minimum Gasteiger partial charge on any atom is -0.462 e. The first-order chi connectivity index (χ1) is 8.11. The smallest absolute Gasteiger partial charge is 0.333 e. The summed E-state index contributed by atoms with van der Waals surface area (Å²) in [5.74, 6) is -0.836. The van der Waals surface area contributed by atoms with E-state index in [2.05, 4.69) is 13.2 Å². The summed E-state index contributed by atoms with van der Waals surface area (Å²) in [5, 5.41) is 0. The van der Waals surface area contributed by atoms with Gasteiger partial charge >= 0.3 is 11.9 Å². The summed E-state index contributed by atoms with van der Waals surface area (Å²) in [6.07, 6.45) is 4.19. The molecule has 0 rings (SSSR count). The molecule has 0 unspecified atom stereocenters. The number of ether oxygens (including phenoxy) is 2. The lowest BCUT2D eigenvalue weighted by Crippen LogP contribution is -2.11. The van der Waals surface area contributed by atoms with E-state index in [4.69, 9.17) is 9.47 Å². The molecule has 0 aliphatic carbocycles. The zero-order chi connectivity index (χ0) is 13.1. The zero-order valence-corrected chi connectivity index (χ0v) is 10.4. The molecule has 0 heterocycles. The van der Waals surface area contributed by atoms with Crippen LogP contribution in [-0.4, -0.2) is 25.2 Å². The molecule has 0 aliphatic heterocycles. The van der Waals surface area contributed by atoms with Gasteiger partial charge < -0.3 is 9.47 Å². The number of carbonyl (C=O) groups excluding carboxylic acids is 2. The predicted molar refractivity (Wildman–Crippen MR) is 65.4 cm³/mol. The molecule has 0 saturated carbocycles. The molecule has 0 aliphatic rings. The summed E-state index contributed by atoms with van der Waals surface area (Å²) in [6.45, 7) is 9.43. The zero-order valence-electron chi connectivity index (χ0n) is 10.4. The summed E-state index contributed by atoms with van der Waals surface area (Å²) >= 11 is 0. The van der Waals surface area contributed by atoms with Crippen LogP contribution in [0.15, 0.2) is 24.8 Å². The quantitative estimate of drug-likeness (QED) is 0.353. The lowest BCUT2D eigenvalue weighted by molar-refractivity contribution is -0.141. The molecule has 0 fully saturated rings. The van der Waals surface area contributed by atoms with Crippen LogP contribution in [0.5, 0.6) is 0 Å². The number of unbranched alkanes of at least 4 members (excludes halogenated alkanes) is 1. The van der Waals surface area contributed by atoms with E-state index in [0.29, 0.717) is 18.4 Å². The van der Waals surface area contributed by atoms with Crippen LogP contribution >= 0.6 is 0 Å². The Morgan fingerprint density at radius 2 is 1.82 bits per heavy atom. The minimum atomic E-state index is -0.469. The molecule has 0 aromatic rings. The maximum absolute atomic E-state index is 11.4. The van der Waals surface area contributed by atoms with E-state index in [0.717, 1.165) is 18.9 Å². The third-order valence-corrected chi connectivity index (χ3v) is 2.05. The Morgan fingerprint density at radius 3 is 2.41 bits per heavy atom. The second-order valence-electron chi connectivity index (χ2n) is 3.57. The molecule has 0 N–H and O–H groups in total. The van der Waals surface area contributed by atoms with Crippen molar-refractivity contribution in [3.05, 3.63) is 24.8 Å². The van der Waals surface area contributed by atoms with E-state index in [9.17, 15) is 9.59 Å². The largest absolute Gasteiger partial charge is 0.462 e. The molecular weight excluding hydrogens is 220 g/mol. The molecule has 4 nitrogen and oxygen atoms in total. The second kappa shape index (κ2) is 9.63. The fraction of sp³-hybridized carbons (Fsp3) is 0.538. The lowest BCUT2D eigenvalue weighted by atomic mass is 10.1. The minimum absolute atomic E-state index is 0.222. The highest BCUT2D eigenvalue weighted by atomic mass is 16.5. The van der Waals surface area contributed by atoms with Crippen LogP contribution in [0.1, 0.15) is 32.6 Å². The highest BCUT2D eigenvalue weighted by molar-refractivity contribution is 5.87. The Balaban J connectivity index is 3.54. The maximum atomic E-state index is 11.4.